The fourth-order valence-electron chi connectivity index (χ4n) is 3.91. The number of amides is 1. The Balaban J connectivity index is 1.79. The molecular weight excluding hydrogens is 494 g/mol. The van der Waals surface area contributed by atoms with E-state index in [0.29, 0.717) is 46.3 Å². The molecule has 0 radical (unpaired) electrons. The first-order valence-corrected chi connectivity index (χ1v) is 13.5. The van der Waals surface area contributed by atoms with Crippen molar-refractivity contribution in [2.75, 3.05) is 18.2 Å². The highest BCUT2D eigenvalue weighted by Crippen LogP contribution is 2.33. The Morgan fingerprint density at radius 3 is 2.32 bits per heavy atom. The molecule has 3 rings (SSSR count). The molecule has 11 heteroatoms. The molecule has 37 heavy (non-hydrogen) atoms. The van der Waals surface area contributed by atoms with Crippen LogP contribution in [0, 0.1) is 13.8 Å². The fourth-order valence-corrected chi connectivity index (χ4v) is 4.74. The molecule has 0 aliphatic heterocycles. The van der Waals surface area contributed by atoms with Gasteiger partial charge in [0.1, 0.15) is 5.82 Å². The predicted octanol–water partition coefficient (Wildman–Crippen LogP) is 3.42. The van der Waals surface area contributed by atoms with E-state index in [1.165, 1.54) is 25.4 Å². The lowest BCUT2D eigenvalue weighted by Crippen LogP contribution is -2.34. The van der Waals surface area contributed by atoms with Crippen LogP contribution < -0.4 is 10.1 Å². The molecule has 1 N–H and O–H groups in total. The van der Waals surface area contributed by atoms with Gasteiger partial charge >= 0.3 is 0 Å². The second-order valence-corrected chi connectivity index (χ2v) is 11.2. The Labute approximate surface area is 216 Å². The van der Waals surface area contributed by atoms with Gasteiger partial charge in [0.05, 0.1) is 41.0 Å². The summed E-state index contributed by atoms with van der Waals surface area (Å²) >= 11 is 0. The number of Topliss-reactive ketones (excluding diaryl/α,β-unsaturated/α-hetero) is 1. The standard InChI is InChI=1S/C26H31N5O5S/c1-7-26(5,20-11-12-23(36-6)31-30-20)25(33)24-16(3)13-21(28-17(24)4)29-22(32)14-18-9-10-19(15-27-18)37(34,35)8-2/h9-13,15H,7-8,14H2,1-6H3,(H,28,29,32). The van der Waals surface area contributed by atoms with Crippen molar-refractivity contribution in [3.63, 3.8) is 0 Å². The first-order chi connectivity index (χ1) is 17.4. The number of pyridine rings is 2. The van der Waals surface area contributed by atoms with Crippen LogP contribution in [-0.4, -0.2) is 53.1 Å². The molecule has 0 aromatic carbocycles. The van der Waals surface area contributed by atoms with Crippen LogP contribution in [0.2, 0.25) is 0 Å². The van der Waals surface area contributed by atoms with Crippen molar-refractivity contribution in [1.29, 1.82) is 0 Å². The van der Waals surface area contributed by atoms with E-state index in [1.807, 2.05) is 13.8 Å². The Kier molecular flexibility index (Phi) is 8.37. The van der Waals surface area contributed by atoms with Crippen molar-refractivity contribution in [3.05, 3.63) is 64.7 Å². The highest BCUT2D eigenvalue weighted by molar-refractivity contribution is 7.91. The van der Waals surface area contributed by atoms with Crippen LogP contribution in [-0.2, 0) is 26.5 Å². The number of nitrogens with one attached hydrogen (secondary N) is 1. The number of ether oxygens (including phenoxy) is 1. The molecule has 0 saturated heterocycles. The molecule has 196 valence electrons. The largest absolute Gasteiger partial charge is 0.480 e. The smallest absolute Gasteiger partial charge is 0.233 e. The van der Waals surface area contributed by atoms with Gasteiger partial charge in [0.15, 0.2) is 15.6 Å². The van der Waals surface area contributed by atoms with E-state index < -0.39 is 15.3 Å². The second kappa shape index (κ2) is 11.1. The monoisotopic (exact) mass is 525 g/mol. The summed E-state index contributed by atoms with van der Waals surface area (Å²) in [6, 6.07) is 8.02. The zero-order valence-corrected chi connectivity index (χ0v) is 22.6. The number of methoxy groups -OCH3 is 1. The van der Waals surface area contributed by atoms with Gasteiger partial charge < -0.3 is 10.1 Å². The van der Waals surface area contributed by atoms with Gasteiger partial charge in [-0.25, -0.2) is 13.4 Å². The Bertz CT molecular complexity index is 1380. The van der Waals surface area contributed by atoms with Gasteiger partial charge in [-0.15, -0.1) is 5.10 Å². The average Bonchev–Trinajstić information content (AvgIpc) is 2.88. The van der Waals surface area contributed by atoms with E-state index in [1.54, 1.807) is 39.0 Å². The van der Waals surface area contributed by atoms with Gasteiger partial charge in [-0.3, -0.25) is 14.6 Å². The molecule has 0 aliphatic rings. The summed E-state index contributed by atoms with van der Waals surface area (Å²) in [6.45, 7) is 8.81. The Morgan fingerprint density at radius 2 is 1.81 bits per heavy atom. The van der Waals surface area contributed by atoms with Crippen LogP contribution >= 0.6 is 0 Å². The average molecular weight is 526 g/mol. The first kappa shape index (κ1) is 27.9. The summed E-state index contributed by atoms with van der Waals surface area (Å²) in [5.41, 5.74) is 1.64. The summed E-state index contributed by atoms with van der Waals surface area (Å²) in [5.74, 6) is 0.143. The highest BCUT2D eigenvalue weighted by Gasteiger charge is 2.38. The van der Waals surface area contributed by atoms with Gasteiger partial charge in [-0.2, -0.15) is 5.10 Å². The molecule has 0 bridgehead atoms. The van der Waals surface area contributed by atoms with E-state index in [9.17, 15) is 18.0 Å². The van der Waals surface area contributed by atoms with Gasteiger partial charge in [-0.1, -0.05) is 13.8 Å². The maximum absolute atomic E-state index is 13.7. The summed E-state index contributed by atoms with van der Waals surface area (Å²) in [4.78, 5) is 35.0. The molecule has 3 aromatic rings. The number of aromatic nitrogens is 4. The molecule has 0 spiro atoms. The second-order valence-electron chi connectivity index (χ2n) is 8.87. The third-order valence-corrected chi connectivity index (χ3v) is 8.11. The number of hydrogen-bond donors (Lipinski definition) is 1. The molecule has 3 aromatic heterocycles. The minimum Gasteiger partial charge on any atom is -0.480 e. The summed E-state index contributed by atoms with van der Waals surface area (Å²) in [6.07, 6.45) is 1.69. The molecule has 0 saturated carbocycles. The normalized spacial score (nSPS) is 13.0. The molecule has 1 unspecified atom stereocenters. The van der Waals surface area contributed by atoms with Gasteiger partial charge in [-0.05, 0) is 57.0 Å². The van der Waals surface area contributed by atoms with Crippen LogP contribution in [0.5, 0.6) is 5.88 Å². The van der Waals surface area contributed by atoms with Gasteiger partial charge in [0.25, 0.3) is 0 Å². The number of ketones is 1. The van der Waals surface area contributed by atoms with E-state index >= 15 is 0 Å². The summed E-state index contributed by atoms with van der Waals surface area (Å²) in [7, 11) is -1.86. The number of sulfone groups is 1. The van der Waals surface area contributed by atoms with Crippen LogP contribution in [0.3, 0.4) is 0 Å². The number of nitrogens with zero attached hydrogens (tertiary/aromatic N) is 4. The number of rotatable bonds is 10. The minimum atomic E-state index is -3.36. The SMILES string of the molecule is CCC(C)(C(=O)c1c(C)cc(NC(=O)Cc2ccc(S(=O)(=O)CC)cn2)nc1C)c1ccc(OC)nn1. The Morgan fingerprint density at radius 1 is 1.08 bits per heavy atom. The van der Waals surface area contributed by atoms with Crippen LogP contribution in [0.25, 0.3) is 0 Å². The lowest BCUT2D eigenvalue weighted by molar-refractivity contribution is -0.115. The number of carbonyl (C=O) groups excluding carboxylic acids is 2. The van der Waals surface area contributed by atoms with Crippen molar-refractivity contribution >= 4 is 27.3 Å². The van der Waals surface area contributed by atoms with Crippen molar-refractivity contribution in [2.45, 2.75) is 57.8 Å². The molecule has 1 amide bonds. The molecule has 3 heterocycles. The van der Waals surface area contributed by atoms with E-state index in [0.717, 1.165) is 0 Å². The number of carbonyl (C=O) groups is 2. The fraction of sp³-hybridized carbons (Fsp3) is 0.385. The molecular formula is C26H31N5O5S. The van der Waals surface area contributed by atoms with Crippen molar-refractivity contribution in [3.8, 4) is 5.88 Å². The predicted molar refractivity (Wildman–Crippen MR) is 139 cm³/mol. The zero-order chi connectivity index (χ0) is 27.4. The maximum atomic E-state index is 13.7. The van der Waals surface area contributed by atoms with Crippen LogP contribution in [0.4, 0.5) is 5.82 Å². The van der Waals surface area contributed by atoms with Crippen LogP contribution in [0.1, 0.15) is 60.2 Å². The lowest BCUT2D eigenvalue weighted by atomic mass is 9.75. The van der Waals surface area contributed by atoms with Crippen molar-refractivity contribution < 1.29 is 22.7 Å². The first-order valence-electron chi connectivity index (χ1n) is 11.8. The number of hydrogen-bond acceptors (Lipinski definition) is 9. The summed E-state index contributed by atoms with van der Waals surface area (Å²) < 4.78 is 29.0. The van der Waals surface area contributed by atoms with E-state index in [4.69, 9.17) is 4.74 Å². The molecule has 10 nitrogen and oxygen atoms in total. The molecule has 0 aliphatic carbocycles. The Hall–Kier alpha value is -3.73. The van der Waals surface area contributed by atoms with Crippen LogP contribution in [0.15, 0.2) is 41.4 Å². The van der Waals surface area contributed by atoms with Gasteiger partial charge in [0.2, 0.25) is 11.8 Å². The lowest BCUT2D eigenvalue weighted by Gasteiger charge is -2.27. The van der Waals surface area contributed by atoms with Crippen molar-refractivity contribution in [2.24, 2.45) is 0 Å². The maximum Gasteiger partial charge on any atom is 0.233 e. The topological polar surface area (TPSA) is 141 Å². The zero-order valence-electron chi connectivity index (χ0n) is 21.8. The minimum absolute atomic E-state index is 0.0255. The third kappa shape index (κ3) is 5.99. The quantitative estimate of drug-likeness (QED) is 0.394. The molecule has 1 atom stereocenters. The molecule has 0 fully saturated rings. The third-order valence-electron chi connectivity index (χ3n) is 6.39. The summed E-state index contributed by atoms with van der Waals surface area (Å²) in [5, 5.41) is 11.0. The highest BCUT2D eigenvalue weighted by atomic mass is 32.2. The van der Waals surface area contributed by atoms with E-state index in [-0.39, 0.29) is 28.8 Å². The number of aryl methyl sites for hydroxylation is 2. The van der Waals surface area contributed by atoms with Gasteiger partial charge in [0, 0.05) is 23.5 Å². The number of anilines is 1. The van der Waals surface area contributed by atoms with Crippen molar-refractivity contribution in [1.82, 2.24) is 20.2 Å². The van der Waals surface area contributed by atoms with E-state index in [2.05, 4.69) is 25.5 Å².